The van der Waals surface area contributed by atoms with Gasteiger partial charge in [0.1, 0.15) is 17.6 Å². The Bertz CT molecular complexity index is 940. The maximum Gasteiger partial charge on any atom is 0.306 e. The molecule has 1 heterocycles. The van der Waals surface area contributed by atoms with E-state index in [0.29, 0.717) is 24.8 Å². The summed E-state index contributed by atoms with van der Waals surface area (Å²) in [6.07, 6.45) is 8.46. The van der Waals surface area contributed by atoms with Gasteiger partial charge >= 0.3 is 5.97 Å². The number of pyridine rings is 1. The normalized spacial score (nSPS) is 21.2. The number of halogens is 1. The first-order valence-corrected chi connectivity index (χ1v) is 12.6. The Labute approximate surface area is 204 Å². The lowest BCUT2D eigenvalue weighted by Gasteiger charge is -2.29. The van der Waals surface area contributed by atoms with Crippen molar-refractivity contribution < 1.29 is 23.7 Å². The van der Waals surface area contributed by atoms with E-state index < -0.39 is 0 Å². The second-order valence-electron chi connectivity index (χ2n) is 8.81. The summed E-state index contributed by atoms with van der Waals surface area (Å²) in [7, 11) is 1.66. The summed E-state index contributed by atoms with van der Waals surface area (Å²) >= 11 is 3.56. The Kier molecular flexibility index (Phi) is 8.12. The average molecular weight is 518 g/mol. The monoisotopic (exact) mass is 517 g/mol. The Morgan fingerprint density at radius 3 is 2.45 bits per heavy atom. The molecular formula is C26H32BrNO5. The zero-order valence-corrected chi connectivity index (χ0v) is 20.9. The molecule has 0 bridgehead atoms. The van der Waals surface area contributed by atoms with Crippen molar-refractivity contribution in [3.63, 3.8) is 0 Å². The standard InChI is InChI=1S/C26H32BrNO5/c1-3-31-26(29)16-22(17-4-5-17)18-12-13-28-25(14-18)33-20-8-6-19(7-9-20)32-24-15-21(30-2)10-11-23(24)27/h10-15,17,19-20,22H,3-9,16H2,1-2H3. The molecule has 1 aromatic carbocycles. The molecule has 0 N–H and O–H groups in total. The van der Waals surface area contributed by atoms with E-state index in [-0.39, 0.29) is 24.1 Å². The van der Waals surface area contributed by atoms with E-state index >= 15 is 0 Å². The predicted octanol–water partition coefficient (Wildman–Crippen LogP) is 6.07. The van der Waals surface area contributed by atoms with Crippen molar-refractivity contribution >= 4 is 21.9 Å². The fourth-order valence-corrected chi connectivity index (χ4v) is 4.83. The number of ether oxygens (including phenoxy) is 4. The minimum atomic E-state index is -0.130. The summed E-state index contributed by atoms with van der Waals surface area (Å²) in [5, 5.41) is 0. The molecule has 33 heavy (non-hydrogen) atoms. The van der Waals surface area contributed by atoms with Crippen molar-refractivity contribution in [2.24, 2.45) is 5.92 Å². The lowest BCUT2D eigenvalue weighted by molar-refractivity contribution is -0.143. The van der Waals surface area contributed by atoms with Crippen LogP contribution in [0.3, 0.4) is 0 Å². The first kappa shape index (κ1) is 23.9. The Morgan fingerprint density at radius 1 is 1.06 bits per heavy atom. The van der Waals surface area contributed by atoms with Crippen molar-refractivity contribution in [1.82, 2.24) is 4.98 Å². The summed E-state index contributed by atoms with van der Waals surface area (Å²) in [6.45, 7) is 2.26. The first-order valence-electron chi connectivity index (χ1n) is 11.8. The molecule has 2 saturated carbocycles. The van der Waals surface area contributed by atoms with E-state index in [4.69, 9.17) is 18.9 Å². The second kappa shape index (κ2) is 11.2. The molecule has 0 amide bonds. The van der Waals surface area contributed by atoms with Gasteiger partial charge in [0.15, 0.2) is 0 Å². The molecule has 0 radical (unpaired) electrons. The molecule has 4 rings (SSSR count). The predicted molar refractivity (Wildman–Crippen MR) is 129 cm³/mol. The Morgan fingerprint density at radius 2 is 1.79 bits per heavy atom. The third-order valence-corrected chi connectivity index (χ3v) is 7.07. The zero-order valence-electron chi connectivity index (χ0n) is 19.3. The smallest absolute Gasteiger partial charge is 0.306 e. The van der Waals surface area contributed by atoms with Gasteiger partial charge in [-0.25, -0.2) is 4.98 Å². The topological polar surface area (TPSA) is 66.9 Å². The van der Waals surface area contributed by atoms with Crippen LogP contribution in [-0.2, 0) is 9.53 Å². The van der Waals surface area contributed by atoms with Gasteiger partial charge in [-0.3, -0.25) is 4.79 Å². The van der Waals surface area contributed by atoms with Gasteiger partial charge in [-0.05, 0) is 97.0 Å². The van der Waals surface area contributed by atoms with Crippen LogP contribution in [0.1, 0.15) is 63.4 Å². The molecule has 0 spiro atoms. The highest BCUT2D eigenvalue weighted by Gasteiger charge is 2.34. The Hall–Kier alpha value is -2.28. The third kappa shape index (κ3) is 6.62. The Balaban J connectivity index is 1.32. The number of carbonyl (C=O) groups is 1. The van der Waals surface area contributed by atoms with Gasteiger partial charge in [0.05, 0.1) is 30.7 Å². The molecule has 178 valence electrons. The molecule has 2 aliphatic carbocycles. The summed E-state index contributed by atoms with van der Waals surface area (Å²) in [5.74, 6) is 2.83. The number of methoxy groups -OCH3 is 1. The average Bonchev–Trinajstić information content (AvgIpc) is 3.66. The van der Waals surface area contributed by atoms with Gasteiger partial charge in [-0.2, -0.15) is 0 Å². The number of aromatic nitrogens is 1. The van der Waals surface area contributed by atoms with Gasteiger partial charge in [0, 0.05) is 18.3 Å². The number of esters is 1. The number of rotatable bonds is 10. The minimum absolute atomic E-state index is 0.116. The molecule has 2 aromatic rings. The zero-order chi connectivity index (χ0) is 23.2. The number of nitrogens with zero attached hydrogens (tertiary/aromatic N) is 1. The number of carbonyl (C=O) groups excluding carboxylic acids is 1. The van der Waals surface area contributed by atoms with E-state index in [2.05, 4.69) is 20.9 Å². The van der Waals surface area contributed by atoms with E-state index in [1.807, 2.05) is 37.3 Å². The first-order chi connectivity index (χ1) is 16.1. The highest BCUT2D eigenvalue weighted by Crippen LogP contribution is 2.45. The van der Waals surface area contributed by atoms with E-state index in [9.17, 15) is 4.79 Å². The molecule has 0 saturated heterocycles. The van der Waals surface area contributed by atoms with E-state index in [0.717, 1.165) is 60.1 Å². The summed E-state index contributed by atoms with van der Waals surface area (Å²) in [4.78, 5) is 16.5. The second-order valence-corrected chi connectivity index (χ2v) is 9.67. The maximum atomic E-state index is 12.1. The molecular weight excluding hydrogens is 486 g/mol. The van der Waals surface area contributed by atoms with Gasteiger partial charge in [-0.15, -0.1) is 0 Å². The van der Waals surface area contributed by atoms with Crippen LogP contribution in [0, 0.1) is 5.92 Å². The quantitative estimate of drug-likeness (QED) is 0.356. The summed E-state index contributed by atoms with van der Waals surface area (Å²) < 4.78 is 23.9. The number of hydrogen-bond acceptors (Lipinski definition) is 6. The molecule has 0 aliphatic heterocycles. The van der Waals surface area contributed by atoms with Crippen LogP contribution in [0.2, 0.25) is 0 Å². The molecule has 6 nitrogen and oxygen atoms in total. The van der Waals surface area contributed by atoms with Crippen molar-refractivity contribution in [1.29, 1.82) is 0 Å². The van der Waals surface area contributed by atoms with Crippen molar-refractivity contribution in [3.05, 3.63) is 46.6 Å². The SMILES string of the molecule is CCOC(=O)CC(c1ccnc(OC2CCC(Oc3cc(OC)ccc3Br)CC2)c1)C1CC1. The van der Waals surface area contributed by atoms with Crippen molar-refractivity contribution in [2.75, 3.05) is 13.7 Å². The van der Waals surface area contributed by atoms with E-state index in [1.165, 1.54) is 0 Å². The van der Waals surface area contributed by atoms with Gasteiger partial charge in [0.2, 0.25) is 5.88 Å². The number of hydrogen-bond donors (Lipinski definition) is 0. The van der Waals surface area contributed by atoms with Crippen LogP contribution in [0.5, 0.6) is 17.4 Å². The van der Waals surface area contributed by atoms with Gasteiger partial charge < -0.3 is 18.9 Å². The summed E-state index contributed by atoms with van der Waals surface area (Å²) in [5.41, 5.74) is 1.12. The number of benzene rings is 1. The van der Waals surface area contributed by atoms with Crippen LogP contribution in [-0.4, -0.2) is 36.9 Å². The summed E-state index contributed by atoms with van der Waals surface area (Å²) in [6, 6.07) is 9.78. The van der Waals surface area contributed by atoms with Gasteiger partial charge in [0.25, 0.3) is 0 Å². The van der Waals surface area contributed by atoms with Crippen molar-refractivity contribution in [3.8, 4) is 17.4 Å². The molecule has 1 aromatic heterocycles. The largest absolute Gasteiger partial charge is 0.497 e. The molecule has 2 aliphatic rings. The fourth-order valence-electron chi connectivity index (χ4n) is 4.49. The molecule has 7 heteroatoms. The minimum Gasteiger partial charge on any atom is -0.497 e. The molecule has 1 atom stereocenters. The fraction of sp³-hybridized carbons (Fsp3) is 0.538. The lowest BCUT2D eigenvalue weighted by atomic mass is 9.91. The van der Waals surface area contributed by atoms with Gasteiger partial charge in [-0.1, -0.05) is 0 Å². The van der Waals surface area contributed by atoms with Crippen LogP contribution in [0.15, 0.2) is 41.0 Å². The van der Waals surface area contributed by atoms with Crippen LogP contribution >= 0.6 is 15.9 Å². The highest BCUT2D eigenvalue weighted by molar-refractivity contribution is 9.10. The lowest BCUT2D eigenvalue weighted by Crippen LogP contribution is -2.30. The van der Waals surface area contributed by atoms with Crippen LogP contribution in [0.4, 0.5) is 0 Å². The van der Waals surface area contributed by atoms with Crippen molar-refractivity contribution in [2.45, 2.75) is 70.0 Å². The maximum absolute atomic E-state index is 12.1. The van der Waals surface area contributed by atoms with E-state index in [1.54, 1.807) is 13.3 Å². The molecule has 1 unspecified atom stereocenters. The van der Waals surface area contributed by atoms with Crippen LogP contribution in [0.25, 0.3) is 0 Å². The third-order valence-electron chi connectivity index (χ3n) is 6.41. The van der Waals surface area contributed by atoms with Crippen LogP contribution < -0.4 is 14.2 Å². The molecule has 2 fully saturated rings. The highest BCUT2D eigenvalue weighted by atomic mass is 79.9.